The lowest BCUT2D eigenvalue weighted by Gasteiger charge is -2.17. The van der Waals surface area contributed by atoms with E-state index in [4.69, 9.17) is 15.2 Å². The van der Waals surface area contributed by atoms with Gasteiger partial charge in [-0.1, -0.05) is 30.3 Å². The van der Waals surface area contributed by atoms with Crippen molar-refractivity contribution in [1.82, 2.24) is 0 Å². The van der Waals surface area contributed by atoms with Crippen LogP contribution in [0.15, 0.2) is 30.3 Å². The first-order valence-corrected chi connectivity index (χ1v) is 5.72. The minimum atomic E-state index is -0.0306. The molecule has 1 unspecified atom stereocenters. The van der Waals surface area contributed by atoms with Crippen LogP contribution in [0.5, 0.6) is 0 Å². The zero-order valence-corrected chi connectivity index (χ0v) is 10.1. The molecule has 0 amide bonds. The van der Waals surface area contributed by atoms with Crippen LogP contribution < -0.4 is 5.73 Å². The molecule has 3 nitrogen and oxygen atoms in total. The molecule has 1 atom stereocenters. The van der Waals surface area contributed by atoms with Crippen molar-refractivity contribution in [2.75, 3.05) is 19.8 Å². The molecule has 0 aliphatic carbocycles. The lowest BCUT2D eigenvalue weighted by molar-refractivity contribution is -0.0104. The number of hydrogen-bond donors (Lipinski definition) is 1. The Morgan fingerprint density at radius 1 is 1.06 bits per heavy atom. The second-order valence-corrected chi connectivity index (χ2v) is 3.93. The van der Waals surface area contributed by atoms with Crippen LogP contribution >= 0.6 is 0 Å². The van der Waals surface area contributed by atoms with Gasteiger partial charge in [-0.2, -0.15) is 0 Å². The first-order chi connectivity index (χ1) is 7.74. The molecule has 3 heteroatoms. The van der Waals surface area contributed by atoms with Gasteiger partial charge in [0.15, 0.2) is 0 Å². The number of benzene rings is 1. The van der Waals surface area contributed by atoms with Crippen LogP contribution in [0.4, 0.5) is 0 Å². The summed E-state index contributed by atoms with van der Waals surface area (Å²) in [6, 6.07) is 10.0. The molecule has 0 aromatic heterocycles. The molecular formula is C13H21NO2. The van der Waals surface area contributed by atoms with Crippen molar-refractivity contribution in [2.24, 2.45) is 5.73 Å². The van der Waals surface area contributed by atoms with Crippen molar-refractivity contribution in [3.63, 3.8) is 0 Å². The maximum Gasteiger partial charge on any atom is 0.0948 e. The van der Waals surface area contributed by atoms with Gasteiger partial charge < -0.3 is 15.2 Å². The molecule has 0 saturated heterocycles. The highest BCUT2D eigenvalue weighted by Gasteiger charge is 2.08. The van der Waals surface area contributed by atoms with E-state index in [-0.39, 0.29) is 12.2 Å². The van der Waals surface area contributed by atoms with Gasteiger partial charge >= 0.3 is 0 Å². The molecule has 1 aromatic carbocycles. The quantitative estimate of drug-likeness (QED) is 0.720. The summed E-state index contributed by atoms with van der Waals surface area (Å²) >= 11 is 0. The third kappa shape index (κ3) is 4.75. The summed E-state index contributed by atoms with van der Waals surface area (Å²) in [7, 11) is 0. The Labute approximate surface area is 97.6 Å². The van der Waals surface area contributed by atoms with Crippen molar-refractivity contribution in [3.05, 3.63) is 35.9 Å². The van der Waals surface area contributed by atoms with E-state index >= 15 is 0 Å². The number of nitrogens with two attached hydrogens (primary N) is 1. The zero-order valence-electron chi connectivity index (χ0n) is 10.1. The Kier molecular flexibility index (Phi) is 6.08. The molecule has 2 N–H and O–H groups in total. The second-order valence-electron chi connectivity index (χ2n) is 3.93. The standard InChI is InChI=1S/C13H21NO2/c1-11(2)15-8-9-16-13(10-14)12-6-4-3-5-7-12/h3-7,11,13H,8-10,14H2,1-2H3. The second kappa shape index (κ2) is 7.39. The zero-order chi connectivity index (χ0) is 11.8. The summed E-state index contributed by atoms with van der Waals surface area (Å²) in [5, 5.41) is 0. The molecule has 0 bridgehead atoms. The molecule has 0 heterocycles. The number of rotatable bonds is 7. The lowest BCUT2D eigenvalue weighted by Crippen LogP contribution is -2.19. The van der Waals surface area contributed by atoms with Gasteiger partial charge in [-0.15, -0.1) is 0 Å². The summed E-state index contributed by atoms with van der Waals surface area (Å²) in [6.45, 7) is 5.71. The SMILES string of the molecule is CC(C)OCCOC(CN)c1ccccc1. The van der Waals surface area contributed by atoms with Crippen LogP contribution in [-0.2, 0) is 9.47 Å². The van der Waals surface area contributed by atoms with E-state index in [1.54, 1.807) is 0 Å². The van der Waals surface area contributed by atoms with Crippen molar-refractivity contribution in [2.45, 2.75) is 26.1 Å². The highest BCUT2D eigenvalue weighted by atomic mass is 16.5. The van der Waals surface area contributed by atoms with Crippen LogP contribution in [0.2, 0.25) is 0 Å². The van der Waals surface area contributed by atoms with Crippen LogP contribution in [0.3, 0.4) is 0 Å². The predicted molar refractivity (Wildman–Crippen MR) is 65.3 cm³/mol. The van der Waals surface area contributed by atoms with Crippen LogP contribution in [-0.4, -0.2) is 25.9 Å². The molecule has 90 valence electrons. The Morgan fingerprint density at radius 2 is 1.69 bits per heavy atom. The van der Waals surface area contributed by atoms with E-state index in [2.05, 4.69) is 0 Å². The van der Waals surface area contributed by atoms with Gasteiger partial charge in [0, 0.05) is 6.54 Å². The van der Waals surface area contributed by atoms with E-state index in [9.17, 15) is 0 Å². The number of ether oxygens (including phenoxy) is 2. The highest BCUT2D eigenvalue weighted by molar-refractivity contribution is 5.17. The first kappa shape index (κ1) is 13.2. The smallest absolute Gasteiger partial charge is 0.0948 e. The Morgan fingerprint density at radius 3 is 2.25 bits per heavy atom. The molecule has 1 rings (SSSR count). The summed E-state index contributed by atoms with van der Waals surface area (Å²) in [6.07, 6.45) is 0.216. The van der Waals surface area contributed by atoms with E-state index < -0.39 is 0 Å². The Balaban J connectivity index is 2.33. The fourth-order valence-corrected chi connectivity index (χ4v) is 1.44. The van der Waals surface area contributed by atoms with Crippen molar-refractivity contribution >= 4 is 0 Å². The predicted octanol–water partition coefficient (Wildman–Crippen LogP) is 2.13. The van der Waals surface area contributed by atoms with Crippen molar-refractivity contribution < 1.29 is 9.47 Å². The van der Waals surface area contributed by atoms with Gasteiger partial charge in [0.25, 0.3) is 0 Å². The average Bonchev–Trinajstić information content (AvgIpc) is 2.30. The topological polar surface area (TPSA) is 44.5 Å². The minimum absolute atomic E-state index is 0.0306. The minimum Gasteiger partial charge on any atom is -0.376 e. The average molecular weight is 223 g/mol. The van der Waals surface area contributed by atoms with Gasteiger partial charge in [-0.25, -0.2) is 0 Å². The third-order valence-corrected chi connectivity index (χ3v) is 2.24. The summed E-state index contributed by atoms with van der Waals surface area (Å²) < 4.78 is 11.1. The summed E-state index contributed by atoms with van der Waals surface area (Å²) in [4.78, 5) is 0. The maximum atomic E-state index is 5.68. The van der Waals surface area contributed by atoms with E-state index in [1.165, 1.54) is 0 Å². The molecule has 0 radical (unpaired) electrons. The van der Waals surface area contributed by atoms with Crippen LogP contribution in [0.25, 0.3) is 0 Å². The molecule has 0 aliphatic rings. The Hall–Kier alpha value is -0.900. The molecule has 0 aliphatic heterocycles. The van der Waals surface area contributed by atoms with Crippen molar-refractivity contribution in [3.8, 4) is 0 Å². The fourth-order valence-electron chi connectivity index (χ4n) is 1.44. The van der Waals surface area contributed by atoms with Gasteiger partial charge in [-0.05, 0) is 19.4 Å². The van der Waals surface area contributed by atoms with Crippen LogP contribution in [0.1, 0.15) is 25.5 Å². The van der Waals surface area contributed by atoms with Crippen LogP contribution in [0, 0.1) is 0 Å². The molecule has 0 saturated carbocycles. The lowest BCUT2D eigenvalue weighted by atomic mass is 10.1. The third-order valence-electron chi connectivity index (χ3n) is 2.24. The highest BCUT2D eigenvalue weighted by Crippen LogP contribution is 2.15. The van der Waals surface area contributed by atoms with E-state index in [0.29, 0.717) is 19.8 Å². The molecule has 16 heavy (non-hydrogen) atoms. The van der Waals surface area contributed by atoms with Crippen molar-refractivity contribution in [1.29, 1.82) is 0 Å². The van der Waals surface area contributed by atoms with Gasteiger partial charge in [-0.3, -0.25) is 0 Å². The monoisotopic (exact) mass is 223 g/mol. The Bertz CT molecular complexity index is 275. The molecular weight excluding hydrogens is 202 g/mol. The van der Waals surface area contributed by atoms with Gasteiger partial charge in [0.2, 0.25) is 0 Å². The molecule has 0 fully saturated rings. The van der Waals surface area contributed by atoms with E-state index in [1.807, 2.05) is 44.2 Å². The maximum absolute atomic E-state index is 5.68. The summed E-state index contributed by atoms with van der Waals surface area (Å²) in [5.74, 6) is 0. The normalized spacial score (nSPS) is 13.0. The number of hydrogen-bond acceptors (Lipinski definition) is 3. The first-order valence-electron chi connectivity index (χ1n) is 5.72. The van der Waals surface area contributed by atoms with E-state index in [0.717, 1.165) is 5.56 Å². The largest absolute Gasteiger partial charge is 0.376 e. The fraction of sp³-hybridized carbons (Fsp3) is 0.538. The molecule has 0 spiro atoms. The van der Waals surface area contributed by atoms with Gasteiger partial charge in [0.1, 0.15) is 0 Å². The summed E-state index contributed by atoms with van der Waals surface area (Å²) in [5.41, 5.74) is 6.80. The van der Waals surface area contributed by atoms with Gasteiger partial charge in [0.05, 0.1) is 25.4 Å². The molecule has 1 aromatic rings.